The van der Waals surface area contributed by atoms with Gasteiger partial charge in [0.1, 0.15) is 5.82 Å². The van der Waals surface area contributed by atoms with Crippen LogP contribution in [0.25, 0.3) is 0 Å². The van der Waals surface area contributed by atoms with Crippen LogP contribution >= 0.6 is 0 Å². The van der Waals surface area contributed by atoms with E-state index in [0.29, 0.717) is 18.8 Å². The molecule has 1 amide bonds. The number of hydrogen-bond donors (Lipinski definition) is 3. The first-order valence-electron chi connectivity index (χ1n) is 8.90. The Labute approximate surface area is 145 Å². The van der Waals surface area contributed by atoms with Crippen LogP contribution in [0.2, 0.25) is 0 Å². The summed E-state index contributed by atoms with van der Waals surface area (Å²) in [4.78, 5) is 20.6. The van der Waals surface area contributed by atoms with Gasteiger partial charge in [-0.15, -0.1) is 0 Å². The molecule has 0 atom stereocenters. The van der Waals surface area contributed by atoms with Crippen LogP contribution in [-0.2, 0) is 4.79 Å². The number of carbonyl (C=O) groups is 1. The molecule has 1 heterocycles. The lowest BCUT2D eigenvalue weighted by atomic mass is 10.2. The van der Waals surface area contributed by atoms with Crippen molar-refractivity contribution in [1.29, 1.82) is 0 Å². The predicted octanol–water partition coefficient (Wildman–Crippen LogP) is 2.85. The topological polar surface area (TPSA) is 78.4 Å². The Morgan fingerprint density at radius 1 is 1.17 bits per heavy atom. The molecule has 0 fully saturated rings. The van der Waals surface area contributed by atoms with E-state index < -0.39 is 0 Å². The Bertz CT molecular complexity index is 499. The third kappa shape index (κ3) is 9.12. The van der Waals surface area contributed by atoms with Crippen LogP contribution in [0.4, 0.5) is 5.82 Å². The quantitative estimate of drug-likeness (QED) is 0.349. The molecule has 24 heavy (non-hydrogen) atoms. The minimum atomic E-state index is -0.0577. The zero-order valence-corrected chi connectivity index (χ0v) is 15.2. The molecule has 6 nitrogen and oxygen atoms in total. The summed E-state index contributed by atoms with van der Waals surface area (Å²) in [7, 11) is 0. The Balaban J connectivity index is 2.29. The van der Waals surface area contributed by atoms with E-state index in [4.69, 9.17) is 0 Å². The van der Waals surface area contributed by atoms with Crippen molar-refractivity contribution >= 4 is 17.7 Å². The highest BCUT2D eigenvalue weighted by Gasteiger charge is 2.04. The first kappa shape index (κ1) is 19.9. The largest absolute Gasteiger partial charge is 0.357 e. The van der Waals surface area contributed by atoms with E-state index in [-0.39, 0.29) is 5.91 Å². The lowest BCUT2D eigenvalue weighted by Gasteiger charge is -2.11. The van der Waals surface area contributed by atoms with E-state index in [1.54, 1.807) is 6.20 Å². The number of carbonyl (C=O) groups excluding carboxylic acids is 1. The average molecular weight is 333 g/mol. The van der Waals surface area contributed by atoms with Gasteiger partial charge in [-0.1, -0.05) is 32.3 Å². The fourth-order valence-corrected chi connectivity index (χ4v) is 2.11. The summed E-state index contributed by atoms with van der Waals surface area (Å²) in [6.07, 6.45) is 6.91. The highest BCUT2D eigenvalue weighted by molar-refractivity contribution is 5.90. The molecule has 0 aliphatic heterocycles. The average Bonchev–Trinajstić information content (AvgIpc) is 2.56. The van der Waals surface area contributed by atoms with Crippen molar-refractivity contribution in [3.63, 3.8) is 0 Å². The first-order valence-corrected chi connectivity index (χ1v) is 8.90. The molecule has 1 aromatic heterocycles. The zero-order valence-electron chi connectivity index (χ0n) is 15.2. The van der Waals surface area contributed by atoms with Crippen molar-refractivity contribution < 1.29 is 4.79 Å². The second-order valence-corrected chi connectivity index (χ2v) is 5.77. The van der Waals surface area contributed by atoms with Crippen molar-refractivity contribution in [2.75, 3.05) is 25.0 Å². The maximum absolute atomic E-state index is 11.9. The number of amides is 1. The van der Waals surface area contributed by atoms with Gasteiger partial charge in [-0.2, -0.15) is 0 Å². The second kappa shape index (κ2) is 12.3. The monoisotopic (exact) mass is 333 g/mol. The van der Waals surface area contributed by atoms with Gasteiger partial charge in [0, 0.05) is 32.3 Å². The van der Waals surface area contributed by atoms with Crippen LogP contribution in [0, 0.1) is 6.92 Å². The number of aromatic nitrogens is 1. The fraction of sp³-hybridized carbons (Fsp3) is 0.611. The zero-order chi connectivity index (χ0) is 17.6. The second-order valence-electron chi connectivity index (χ2n) is 5.77. The van der Waals surface area contributed by atoms with Gasteiger partial charge in [0.2, 0.25) is 5.91 Å². The van der Waals surface area contributed by atoms with Crippen LogP contribution in [0.3, 0.4) is 0 Å². The van der Waals surface area contributed by atoms with Gasteiger partial charge in [0.05, 0.1) is 0 Å². The minimum Gasteiger partial charge on any atom is -0.357 e. The predicted molar refractivity (Wildman–Crippen MR) is 100 cm³/mol. The number of hydrogen-bond acceptors (Lipinski definition) is 3. The van der Waals surface area contributed by atoms with Gasteiger partial charge in [-0.25, -0.2) is 4.98 Å². The molecule has 0 aromatic carbocycles. The van der Waals surface area contributed by atoms with E-state index >= 15 is 0 Å². The van der Waals surface area contributed by atoms with E-state index in [2.05, 4.69) is 32.9 Å². The summed E-state index contributed by atoms with van der Waals surface area (Å²) in [6, 6.07) is 3.73. The summed E-state index contributed by atoms with van der Waals surface area (Å²) in [5.41, 5.74) is 1.07. The minimum absolute atomic E-state index is 0.0577. The van der Waals surface area contributed by atoms with Gasteiger partial charge >= 0.3 is 0 Å². The molecule has 0 bridgehead atoms. The summed E-state index contributed by atoms with van der Waals surface area (Å²) < 4.78 is 0. The Hall–Kier alpha value is -2.11. The van der Waals surface area contributed by atoms with E-state index in [1.165, 1.54) is 19.3 Å². The Morgan fingerprint density at radius 2 is 2.00 bits per heavy atom. The maximum atomic E-state index is 11.9. The summed E-state index contributed by atoms with van der Waals surface area (Å²) in [6.45, 7) is 8.36. The molecule has 134 valence electrons. The van der Waals surface area contributed by atoms with E-state index in [9.17, 15) is 4.79 Å². The molecule has 3 N–H and O–H groups in total. The molecule has 1 rings (SSSR count). The van der Waals surface area contributed by atoms with Crippen molar-refractivity contribution in [3.05, 3.63) is 23.9 Å². The standard InChI is InChI=1S/C18H31N5O/c1-4-6-7-8-12-20-18(19-5-2)21-13-11-17(24)23-16-10-9-15(3)14-22-16/h9-10,14H,4-8,11-13H2,1-3H3,(H2,19,20,21)(H,22,23,24). The molecular weight excluding hydrogens is 302 g/mol. The van der Waals surface area contributed by atoms with Crippen LogP contribution < -0.4 is 16.0 Å². The molecule has 0 spiro atoms. The van der Waals surface area contributed by atoms with E-state index in [0.717, 1.165) is 31.0 Å². The Morgan fingerprint density at radius 3 is 2.67 bits per heavy atom. The molecular formula is C18H31N5O. The molecule has 0 unspecified atom stereocenters. The van der Waals surface area contributed by atoms with Gasteiger partial charge in [0.15, 0.2) is 5.96 Å². The summed E-state index contributed by atoms with van der Waals surface area (Å²) in [5.74, 6) is 1.30. The number of rotatable bonds is 10. The first-order chi connectivity index (χ1) is 11.7. The van der Waals surface area contributed by atoms with Crippen LogP contribution in [0.15, 0.2) is 23.3 Å². The number of unbranched alkanes of at least 4 members (excludes halogenated alkanes) is 3. The highest BCUT2D eigenvalue weighted by Crippen LogP contribution is 2.04. The lowest BCUT2D eigenvalue weighted by molar-refractivity contribution is -0.116. The third-order valence-electron chi connectivity index (χ3n) is 3.45. The summed E-state index contributed by atoms with van der Waals surface area (Å²) >= 11 is 0. The van der Waals surface area contributed by atoms with Gasteiger partial charge in [-0.3, -0.25) is 9.79 Å². The maximum Gasteiger partial charge on any atom is 0.227 e. The molecule has 1 aromatic rings. The number of aryl methyl sites for hydroxylation is 1. The van der Waals surface area contributed by atoms with Gasteiger partial charge < -0.3 is 16.0 Å². The number of nitrogens with one attached hydrogen (secondary N) is 3. The highest BCUT2D eigenvalue weighted by atomic mass is 16.1. The van der Waals surface area contributed by atoms with Gasteiger partial charge in [0.25, 0.3) is 0 Å². The normalized spacial score (nSPS) is 11.2. The molecule has 0 saturated carbocycles. The van der Waals surface area contributed by atoms with Crippen LogP contribution in [0.5, 0.6) is 0 Å². The SMILES string of the molecule is CCCCCCN=C(NCC)NCCC(=O)Nc1ccc(C)cn1. The van der Waals surface area contributed by atoms with Crippen molar-refractivity contribution in [1.82, 2.24) is 15.6 Å². The lowest BCUT2D eigenvalue weighted by Crippen LogP contribution is -2.38. The number of anilines is 1. The van der Waals surface area contributed by atoms with Crippen molar-refractivity contribution in [3.8, 4) is 0 Å². The van der Waals surface area contributed by atoms with Crippen molar-refractivity contribution in [2.24, 2.45) is 4.99 Å². The smallest absolute Gasteiger partial charge is 0.227 e. The molecule has 0 radical (unpaired) electrons. The van der Waals surface area contributed by atoms with E-state index in [1.807, 2.05) is 26.0 Å². The number of nitrogens with zero attached hydrogens (tertiary/aromatic N) is 2. The van der Waals surface area contributed by atoms with Crippen molar-refractivity contribution in [2.45, 2.75) is 52.9 Å². The molecule has 0 saturated heterocycles. The molecule has 0 aliphatic carbocycles. The Kier molecular flexibility index (Phi) is 10.2. The summed E-state index contributed by atoms with van der Waals surface area (Å²) in [5, 5.41) is 9.18. The number of pyridine rings is 1. The number of guanidine groups is 1. The van der Waals surface area contributed by atoms with Gasteiger partial charge in [-0.05, 0) is 31.9 Å². The van der Waals surface area contributed by atoms with Crippen LogP contribution in [-0.4, -0.2) is 36.5 Å². The van der Waals surface area contributed by atoms with Crippen LogP contribution in [0.1, 0.15) is 51.5 Å². The molecule has 6 heteroatoms. The molecule has 0 aliphatic rings. The fourth-order valence-electron chi connectivity index (χ4n) is 2.11. The number of aliphatic imine (C=N–C) groups is 1. The third-order valence-corrected chi connectivity index (χ3v) is 3.45.